The lowest BCUT2D eigenvalue weighted by molar-refractivity contribution is 0.0698. The molecule has 0 aromatic heterocycles. The smallest absolute Gasteiger partial charge is 0.337 e. The van der Waals surface area contributed by atoms with Crippen molar-refractivity contribution >= 4 is 45.6 Å². The van der Waals surface area contributed by atoms with Gasteiger partial charge < -0.3 is 15.7 Å². The number of fused-ring (bicyclic) bond motifs is 1. The van der Waals surface area contributed by atoms with E-state index < -0.39 is 16.8 Å². The highest BCUT2D eigenvalue weighted by Gasteiger charge is 2.26. The summed E-state index contributed by atoms with van der Waals surface area (Å²) in [5.41, 5.74) is -0.423. The van der Waals surface area contributed by atoms with E-state index in [4.69, 9.17) is 0 Å². The average molecular weight is 368 g/mol. The molecule has 3 N–H and O–H groups in total. The Bertz CT molecular complexity index is 1080. The van der Waals surface area contributed by atoms with E-state index in [0.717, 1.165) is 28.7 Å². The molecule has 3 aromatic carbocycles. The highest BCUT2D eigenvalue weighted by molar-refractivity contribution is 7.99. The van der Waals surface area contributed by atoms with Crippen molar-refractivity contribution in [2.24, 2.45) is 0 Å². The largest absolute Gasteiger partial charge is 0.478 e. The zero-order valence-electron chi connectivity index (χ0n) is 13.7. The number of hydrogen-bond donors (Lipinski definition) is 3. The Kier molecular flexibility index (Phi) is 4.16. The van der Waals surface area contributed by atoms with Gasteiger partial charge in [0.25, 0.3) is 10.9 Å². The summed E-state index contributed by atoms with van der Waals surface area (Å²) in [7, 11) is 0. The third-order valence-electron chi connectivity index (χ3n) is 4.56. The number of benzene rings is 2. The summed E-state index contributed by atoms with van der Waals surface area (Å²) >= 11 is 1.79. The van der Waals surface area contributed by atoms with Gasteiger partial charge in [-0.1, -0.05) is 24.3 Å². The van der Waals surface area contributed by atoms with Crippen LogP contribution in [-0.4, -0.2) is 28.6 Å². The van der Waals surface area contributed by atoms with E-state index >= 15 is 0 Å². The Morgan fingerprint density at radius 3 is 2.42 bits per heavy atom. The third kappa shape index (κ3) is 2.84. The molecule has 1 saturated heterocycles. The minimum atomic E-state index is -1.10. The van der Waals surface area contributed by atoms with Gasteiger partial charge in [-0.3, -0.25) is 9.59 Å². The summed E-state index contributed by atoms with van der Waals surface area (Å²) in [6.07, 6.45) is 0.930. The zero-order valence-corrected chi connectivity index (χ0v) is 14.6. The number of thioether (sulfide) groups is 1. The van der Waals surface area contributed by atoms with Crippen LogP contribution in [0.3, 0.4) is 0 Å². The van der Waals surface area contributed by atoms with Gasteiger partial charge in [-0.2, -0.15) is 11.8 Å². The molecule has 26 heavy (non-hydrogen) atoms. The highest BCUT2D eigenvalue weighted by atomic mass is 32.2. The second kappa shape index (κ2) is 6.49. The molecule has 1 aliphatic heterocycles. The number of aromatic carboxylic acids is 1. The van der Waals surface area contributed by atoms with Gasteiger partial charge in [-0.25, -0.2) is 4.79 Å². The van der Waals surface area contributed by atoms with Gasteiger partial charge in [-0.05, 0) is 35.1 Å². The summed E-state index contributed by atoms with van der Waals surface area (Å²) in [6.45, 7) is 0. The molecule has 0 unspecified atom stereocenters. The molecular formula is C19H16N2O4S. The Morgan fingerprint density at radius 1 is 1.08 bits per heavy atom. The summed E-state index contributed by atoms with van der Waals surface area (Å²) in [5.74, 6) is 0.803. The standard InChI is InChI=1S/C19H16N2O4S/c22-17-15(20-12-5-6-26-9-12)16(18(17)23)21-14-8-11-4-2-1-3-10(11)7-13(14)19(24)25/h1-4,7-8,12,20-21H,5-6,9H2,(H,24,25)/t12-/m0/s1. The number of nitrogens with one attached hydrogen (secondary N) is 2. The molecule has 7 heteroatoms. The molecule has 6 nitrogen and oxygen atoms in total. The van der Waals surface area contributed by atoms with Crippen molar-refractivity contribution in [1.29, 1.82) is 0 Å². The molecule has 3 aromatic rings. The van der Waals surface area contributed by atoms with Crippen LogP contribution in [0.5, 0.6) is 0 Å². The van der Waals surface area contributed by atoms with Crippen molar-refractivity contribution in [3.05, 3.63) is 62.4 Å². The van der Waals surface area contributed by atoms with Crippen LogP contribution in [-0.2, 0) is 0 Å². The van der Waals surface area contributed by atoms with E-state index in [1.54, 1.807) is 23.9 Å². The minimum absolute atomic E-state index is 0.0547. The van der Waals surface area contributed by atoms with E-state index in [-0.39, 0.29) is 23.0 Å². The number of carbonyl (C=O) groups is 1. The Hall–Kier alpha value is -2.80. The van der Waals surface area contributed by atoms with Crippen LogP contribution in [0.4, 0.5) is 17.1 Å². The lowest BCUT2D eigenvalue weighted by Crippen LogP contribution is -2.39. The summed E-state index contributed by atoms with van der Waals surface area (Å²) < 4.78 is 0. The highest BCUT2D eigenvalue weighted by Crippen LogP contribution is 2.30. The zero-order chi connectivity index (χ0) is 18.3. The van der Waals surface area contributed by atoms with Crippen LogP contribution in [0.25, 0.3) is 10.8 Å². The van der Waals surface area contributed by atoms with E-state index in [1.807, 2.05) is 24.3 Å². The fourth-order valence-corrected chi connectivity index (χ4v) is 4.31. The fraction of sp³-hybridized carbons (Fsp3) is 0.211. The fourth-order valence-electron chi connectivity index (χ4n) is 3.16. The summed E-state index contributed by atoms with van der Waals surface area (Å²) in [6, 6.07) is 10.8. The predicted molar refractivity (Wildman–Crippen MR) is 105 cm³/mol. The van der Waals surface area contributed by atoms with Gasteiger partial charge in [-0.15, -0.1) is 0 Å². The lowest BCUT2D eigenvalue weighted by atomic mass is 10.0. The first-order valence-electron chi connectivity index (χ1n) is 8.25. The van der Waals surface area contributed by atoms with E-state index in [0.29, 0.717) is 5.69 Å². The topological polar surface area (TPSA) is 95.5 Å². The van der Waals surface area contributed by atoms with Crippen LogP contribution < -0.4 is 21.5 Å². The van der Waals surface area contributed by atoms with Gasteiger partial charge in [0.2, 0.25) is 0 Å². The average Bonchev–Trinajstić information content (AvgIpc) is 3.16. The molecule has 1 aliphatic rings. The van der Waals surface area contributed by atoms with E-state index in [9.17, 15) is 19.5 Å². The first-order valence-corrected chi connectivity index (χ1v) is 9.41. The molecule has 1 atom stereocenters. The molecule has 0 spiro atoms. The predicted octanol–water partition coefficient (Wildman–Crippen LogP) is 2.80. The Labute approximate surface area is 152 Å². The molecule has 1 heterocycles. The number of carboxylic acid groups (broad SMARTS) is 1. The monoisotopic (exact) mass is 368 g/mol. The molecule has 1 fully saturated rings. The quantitative estimate of drug-likeness (QED) is 0.596. The van der Waals surface area contributed by atoms with Crippen molar-refractivity contribution in [1.82, 2.24) is 0 Å². The number of hydrogen-bond acceptors (Lipinski definition) is 6. The van der Waals surface area contributed by atoms with Crippen LogP contribution in [0, 0.1) is 0 Å². The first-order chi connectivity index (χ1) is 12.5. The maximum absolute atomic E-state index is 12.0. The van der Waals surface area contributed by atoms with E-state index in [1.165, 1.54) is 0 Å². The number of rotatable bonds is 5. The van der Waals surface area contributed by atoms with Crippen molar-refractivity contribution in [2.75, 3.05) is 22.1 Å². The van der Waals surface area contributed by atoms with Gasteiger partial charge in [0.1, 0.15) is 11.4 Å². The Balaban J connectivity index is 1.72. The molecule has 0 radical (unpaired) electrons. The van der Waals surface area contributed by atoms with Gasteiger partial charge in [0, 0.05) is 11.8 Å². The molecule has 0 bridgehead atoms. The van der Waals surface area contributed by atoms with Crippen molar-refractivity contribution < 1.29 is 9.90 Å². The SMILES string of the molecule is O=C(O)c1cc2ccccc2cc1Nc1c(N[C@H]2CCSC2)c(=O)c1=O. The molecule has 0 saturated carbocycles. The number of carboxylic acids is 1. The number of anilines is 3. The molecule has 132 valence electrons. The molecule has 0 aliphatic carbocycles. The summed E-state index contributed by atoms with van der Waals surface area (Å²) in [4.78, 5) is 35.6. The minimum Gasteiger partial charge on any atom is -0.478 e. The maximum atomic E-state index is 12.0. The van der Waals surface area contributed by atoms with Crippen molar-refractivity contribution in [3.8, 4) is 0 Å². The van der Waals surface area contributed by atoms with Crippen LogP contribution in [0.15, 0.2) is 46.0 Å². The Morgan fingerprint density at radius 2 is 1.77 bits per heavy atom. The third-order valence-corrected chi connectivity index (χ3v) is 5.73. The van der Waals surface area contributed by atoms with Crippen molar-refractivity contribution in [3.63, 3.8) is 0 Å². The van der Waals surface area contributed by atoms with Crippen LogP contribution in [0.2, 0.25) is 0 Å². The summed E-state index contributed by atoms with van der Waals surface area (Å²) in [5, 5.41) is 17.2. The van der Waals surface area contributed by atoms with Crippen LogP contribution >= 0.6 is 11.8 Å². The molecule has 0 amide bonds. The second-order valence-corrected chi connectivity index (χ2v) is 7.44. The molecular weight excluding hydrogens is 352 g/mol. The van der Waals surface area contributed by atoms with Gasteiger partial charge in [0.15, 0.2) is 0 Å². The maximum Gasteiger partial charge on any atom is 0.337 e. The van der Waals surface area contributed by atoms with Gasteiger partial charge >= 0.3 is 5.97 Å². The second-order valence-electron chi connectivity index (χ2n) is 6.29. The molecule has 4 rings (SSSR count). The van der Waals surface area contributed by atoms with E-state index in [2.05, 4.69) is 10.6 Å². The first kappa shape index (κ1) is 16.7. The lowest BCUT2D eigenvalue weighted by Gasteiger charge is -2.19. The normalized spacial score (nSPS) is 16.8. The van der Waals surface area contributed by atoms with Crippen LogP contribution in [0.1, 0.15) is 16.8 Å². The van der Waals surface area contributed by atoms with Gasteiger partial charge in [0.05, 0.1) is 11.3 Å². The van der Waals surface area contributed by atoms with Crippen molar-refractivity contribution in [2.45, 2.75) is 12.5 Å².